The molecule has 1 unspecified atom stereocenters. The number of nitrogens with zero attached hydrogens (tertiary/aromatic N) is 4. The molecular weight excluding hydrogens is 403 g/mol. The topological polar surface area (TPSA) is 88.5 Å². The highest BCUT2D eigenvalue weighted by Crippen LogP contribution is 2.23. The highest BCUT2D eigenvalue weighted by atomic mass is 32.2. The average Bonchev–Trinajstić information content (AvgIpc) is 3.35. The third-order valence-corrected chi connectivity index (χ3v) is 5.83. The van der Waals surface area contributed by atoms with Gasteiger partial charge in [0, 0.05) is 23.6 Å². The lowest BCUT2D eigenvalue weighted by molar-refractivity contribution is -0.120. The van der Waals surface area contributed by atoms with Crippen LogP contribution in [0.5, 0.6) is 0 Å². The molecule has 0 aliphatic rings. The molecule has 0 aliphatic heterocycles. The van der Waals surface area contributed by atoms with Crippen LogP contribution in [0.4, 0.5) is 4.39 Å². The summed E-state index contributed by atoms with van der Waals surface area (Å²) < 4.78 is 15.1. The number of hydrogen-bond donors (Lipinski definition) is 2. The van der Waals surface area contributed by atoms with E-state index in [2.05, 4.69) is 25.8 Å². The molecule has 4 aromatic rings. The van der Waals surface area contributed by atoms with Crippen LogP contribution in [0.1, 0.15) is 18.1 Å². The van der Waals surface area contributed by atoms with Gasteiger partial charge < -0.3 is 10.3 Å². The Hall–Kier alpha value is -3.20. The van der Waals surface area contributed by atoms with Crippen molar-refractivity contribution in [3.63, 3.8) is 0 Å². The van der Waals surface area contributed by atoms with Crippen molar-refractivity contribution in [1.29, 1.82) is 0 Å². The molecule has 0 radical (unpaired) electrons. The fourth-order valence-electron chi connectivity index (χ4n) is 3.13. The number of nitrogens with one attached hydrogen (secondary N) is 2. The van der Waals surface area contributed by atoms with Gasteiger partial charge in [-0.1, -0.05) is 29.5 Å². The minimum absolute atomic E-state index is 0.107. The maximum Gasteiger partial charge on any atom is 0.233 e. The summed E-state index contributed by atoms with van der Waals surface area (Å²) in [7, 11) is 0. The van der Waals surface area contributed by atoms with Crippen molar-refractivity contribution in [2.75, 3.05) is 6.54 Å². The Morgan fingerprint density at radius 2 is 2.07 bits per heavy atom. The molecule has 4 rings (SSSR count). The van der Waals surface area contributed by atoms with Crippen LogP contribution in [-0.2, 0) is 11.2 Å². The number of carbonyl (C=O) groups is 1. The van der Waals surface area contributed by atoms with Crippen LogP contribution in [-0.4, -0.2) is 42.9 Å². The molecule has 0 bridgehead atoms. The fourth-order valence-corrected chi connectivity index (χ4v) is 3.97. The summed E-state index contributed by atoms with van der Waals surface area (Å²) in [5, 5.41) is 15.8. The molecule has 154 valence electrons. The third-order valence-electron chi connectivity index (χ3n) is 4.79. The monoisotopic (exact) mass is 424 g/mol. The highest BCUT2D eigenvalue weighted by molar-refractivity contribution is 8.00. The van der Waals surface area contributed by atoms with Gasteiger partial charge in [-0.15, -0.1) is 5.10 Å². The second-order valence-electron chi connectivity index (χ2n) is 7.01. The Morgan fingerprint density at radius 3 is 2.87 bits per heavy atom. The zero-order valence-corrected chi connectivity index (χ0v) is 17.4. The van der Waals surface area contributed by atoms with Gasteiger partial charge in [-0.3, -0.25) is 4.79 Å². The molecule has 2 heterocycles. The molecule has 1 amide bonds. The Balaban J connectivity index is 1.35. The van der Waals surface area contributed by atoms with Gasteiger partial charge in [0.2, 0.25) is 11.1 Å². The Kier molecular flexibility index (Phi) is 5.80. The first kappa shape index (κ1) is 20.1. The largest absolute Gasteiger partial charge is 0.361 e. The number of aryl methyl sites for hydroxylation is 1. The van der Waals surface area contributed by atoms with E-state index in [9.17, 15) is 9.18 Å². The summed E-state index contributed by atoms with van der Waals surface area (Å²) in [5.74, 6) is -0.381. The van der Waals surface area contributed by atoms with E-state index in [1.807, 2.05) is 44.3 Å². The molecule has 9 heteroatoms. The van der Waals surface area contributed by atoms with Crippen molar-refractivity contribution in [2.24, 2.45) is 0 Å². The van der Waals surface area contributed by atoms with Gasteiger partial charge in [-0.2, -0.15) is 4.68 Å². The smallest absolute Gasteiger partial charge is 0.233 e. The first-order valence-electron chi connectivity index (χ1n) is 9.56. The molecule has 2 aromatic heterocycles. The lowest BCUT2D eigenvalue weighted by Gasteiger charge is -2.11. The molecule has 2 N–H and O–H groups in total. The van der Waals surface area contributed by atoms with Crippen molar-refractivity contribution in [3.8, 4) is 5.69 Å². The van der Waals surface area contributed by atoms with Gasteiger partial charge in [0.05, 0.1) is 10.9 Å². The highest BCUT2D eigenvalue weighted by Gasteiger charge is 2.19. The minimum Gasteiger partial charge on any atom is -0.361 e. The second kappa shape index (κ2) is 8.66. The molecule has 7 nitrogen and oxygen atoms in total. The molecule has 30 heavy (non-hydrogen) atoms. The van der Waals surface area contributed by atoms with Gasteiger partial charge in [0.1, 0.15) is 5.82 Å². The average molecular weight is 425 g/mol. The van der Waals surface area contributed by atoms with E-state index >= 15 is 0 Å². The second-order valence-corrected chi connectivity index (χ2v) is 8.32. The number of amides is 1. The number of rotatable bonds is 7. The predicted molar refractivity (Wildman–Crippen MR) is 114 cm³/mol. The third kappa shape index (κ3) is 4.35. The van der Waals surface area contributed by atoms with Gasteiger partial charge >= 0.3 is 0 Å². The van der Waals surface area contributed by atoms with Crippen LogP contribution >= 0.6 is 11.8 Å². The maximum absolute atomic E-state index is 13.5. The minimum atomic E-state index is -0.374. The van der Waals surface area contributed by atoms with Crippen LogP contribution in [0.25, 0.3) is 16.6 Å². The molecule has 0 saturated carbocycles. The van der Waals surface area contributed by atoms with Gasteiger partial charge in [0.15, 0.2) is 0 Å². The molecular formula is C21H21FN6OS. The summed E-state index contributed by atoms with van der Waals surface area (Å²) in [6, 6.07) is 12.5. The van der Waals surface area contributed by atoms with Gasteiger partial charge in [-0.25, -0.2) is 4.39 Å². The van der Waals surface area contributed by atoms with Crippen LogP contribution < -0.4 is 5.32 Å². The molecule has 2 aromatic carbocycles. The zero-order valence-electron chi connectivity index (χ0n) is 16.6. The van der Waals surface area contributed by atoms with E-state index in [-0.39, 0.29) is 17.0 Å². The molecule has 0 spiro atoms. The summed E-state index contributed by atoms with van der Waals surface area (Å²) >= 11 is 1.30. The number of fused-ring (bicyclic) bond motifs is 1. The van der Waals surface area contributed by atoms with Crippen molar-refractivity contribution in [2.45, 2.75) is 30.7 Å². The normalized spacial score (nSPS) is 12.2. The quantitative estimate of drug-likeness (QED) is 0.444. The van der Waals surface area contributed by atoms with E-state index in [1.54, 1.807) is 10.7 Å². The number of H-pyrrole nitrogens is 1. The molecule has 0 aliphatic carbocycles. The van der Waals surface area contributed by atoms with Gasteiger partial charge in [0.25, 0.3) is 0 Å². The summed E-state index contributed by atoms with van der Waals surface area (Å²) in [6.07, 6.45) is 2.46. The summed E-state index contributed by atoms with van der Waals surface area (Å²) in [4.78, 5) is 15.7. The Bertz CT molecular complexity index is 1170. The van der Waals surface area contributed by atoms with Crippen LogP contribution in [0.3, 0.4) is 0 Å². The first-order chi connectivity index (χ1) is 14.5. The first-order valence-corrected chi connectivity index (χ1v) is 10.4. The lowest BCUT2D eigenvalue weighted by atomic mass is 10.1. The maximum atomic E-state index is 13.5. The number of tetrazole rings is 1. The predicted octanol–water partition coefficient (Wildman–Crippen LogP) is 3.43. The van der Waals surface area contributed by atoms with E-state index in [1.165, 1.54) is 23.9 Å². The number of aromatic amines is 1. The standard InChI is InChI=1S/C21H21FN6OS/c1-13-3-6-17(7-4-13)28-21(25-26-27-28)30-14(2)20(29)23-10-9-15-12-24-19-8-5-16(22)11-18(15)19/h3-8,11-12,14,24H,9-10H2,1-2H3,(H,23,29). The lowest BCUT2D eigenvalue weighted by Crippen LogP contribution is -2.32. The number of carbonyl (C=O) groups excluding carboxylic acids is 1. The fraction of sp³-hybridized carbons (Fsp3) is 0.238. The number of thioether (sulfide) groups is 1. The van der Waals surface area contributed by atoms with E-state index < -0.39 is 0 Å². The van der Waals surface area contributed by atoms with E-state index in [4.69, 9.17) is 0 Å². The Labute approximate surface area is 177 Å². The Morgan fingerprint density at radius 1 is 1.27 bits per heavy atom. The van der Waals surface area contributed by atoms with Crippen LogP contribution in [0.15, 0.2) is 53.8 Å². The van der Waals surface area contributed by atoms with Crippen LogP contribution in [0.2, 0.25) is 0 Å². The van der Waals surface area contributed by atoms with Crippen molar-refractivity contribution < 1.29 is 9.18 Å². The van der Waals surface area contributed by atoms with Crippen LogP contribution in [0, 0.1) is 12.7 Å². The summed E-state index contributed by atoms with van der Waals surface area (Å²) in [6.45, 7) is 4.28. The molecule has 0 fully saturated rings. The molecule has 1 atom stereocenters. The number of halogens is 1. The SMILES string of the molecule is Cc1ccc(-n2nnnc2SC(C)C(=O)NCCc2c[nH]c3ccc(F)cc23)cc1. The van der Waals surface area contributed by atoms with Crippen molar-refractivity contribution in [1.82, 2.24) is 30.5 Å². The number of benzene rings is 2. The van der Waals surface area contributed by atoms with Crippen molar-refractivity contribution >= 4 is 28.6 Å². The molecule has 0 saturated heterocycles. The number of hydrogen-bond acceptors (Lipinski definition) is 5. The van der Waals surface area contributed by atoms with E-state index in [0.29, 0.717) is 18.1 Å². The summed E-state index contributed by atoms with van der Waals surface area (Å²) in [5.41, 5.74) is 3.83. The number of aromatic nitrogens is 5. The van der Waals surface area contributed by atoms with Gasteiger partial charge in [-0.05, 0) is 66.6 Å². The van der Waals surface area contributed by atoms with Crippen molar-refractivity contribution in [3.05, 3.63) is 65.6 Å². The van der Waals surface area contributed by atoms with E-state index in [0.717, 1.165) is 27.7 Å². The zero-order chi connectivity index (χ0) is 21.1.